The summed E-state index contributed by atoms with van der Waals surface area (Å²) in [7, 11) is 0. The number of ether oxygens (including phenoxy) is 2. The maximum atomic E-state index is 12.8. The predicted octanol–water partition coefficient (Wildman–Crippen LogP) is 2.13. The molecule has 0 amide bonds. The summed E-state index contributed by atoms with van der Waals surface area (Å²) in [5.41, 5.74) is 5.83. The molecule has 1 aromatic rings. The van der Waals surface area contributed by atoms with Crippen molar-refractivity contribution in [2.24, 2.45) is 0 Å². The van der Waals surface area contributed by atoms with Crippen molar-refractivity contribution in [3.8, 4) is 0 Å². The summed E-state index contributed by atoms with van der Waals surface area (Å²) in [5.74, 6) is -1.01. The van der Waals surface area contributed by atoms with E-state index in [0.29, 0.717) is 6.61 Å². The van der Waals surface area contributed by atoms with Gasteiger partial charge in [-0.3, -0.25) is 0 Å². The average Bonchev–Trinajstić information content (AvgIpc) is 2.37. The molecule has 1 heterocycles. The van der Waals surface area contributed by atoms with Crippen molar-refractivity contribution < 1.29 is 18.7 Å². The molecule has 2 N–H and O–H groups in total. The third-order valence-corrected chi connectivity index (χ3v) is 2.91. The lowest BCUT2D eigenvalue weighted by Crippen LogP contribution is -2.26. The van der Waals surface area contributed by atoms with Gasteiger partial charge in [-0.1, -0.05) is 0 Å². The quantitative estimate of drug-likeness (QED) is 0.662. The van der Waals surface area contributed by atoms with Gasteiger partial charge in [0.1, 0.15) is 12.4 Å². The summed E-state index contributed by atoms with van der Waals surface area (Å²) in [4.78, 5) is 11.7. The summed E-state index contributed by atoms with van der Waals surface area (Å²) < 4.78 is 23.4. The number of carbonyl (C=O) groups excluding carboxylic acids is 1. The molecule has 4 nitrogen and oxygen atoms in total. The third-order valence-electron chi connectivity index (χ3n) is 2.91. The van der Waals surface area contributed by atoms with E-state index in [0.717, 1.165) is 25.3 Å². The van der Waals surface area contributed by atoms with E-state index in [1.165, 1.54) is 12.1 Å². The van der Waals surface area contributed by atoms with Crippen LogP contribution >= 0.6 is 0 Å². The number of nitrogens with two attached hydrogens (primary N) is 1. The van der Waals surface area contributed by atoms with Crippen molar-refractivity contribution in [1.82, 2.24) is 0 Å². The van der Waals surface area contributed by atoms with Crippen LogP contribution in [0, 0.1) is 5.82 Å². The zero-order valence-electron chi connectivity index (χ0n) is 10.0. The SMILES string of the molecule is Nc1cc(F)ccc1C(=O)OCC1CCCCO1. The van der Waals surface area contributed by atoms with Gasteiger partial charge in [0.25, 0.3) is 0 Å². The Bertz CT molecular complexity index is 430. The van der Waals surface area contributed by atoms with Crippen molar-refractivity contribution in [3.63, 3.8) is 0 Å². The Morgan fingerprint density at radius 3 is 3.00 bits per heavy atom. The highest BCUT2D eigenvalue weighted by Gasteiger charge is 2.18. The maximum absolute atomic E-state index is 12.8. The largest absolute Gasteiger partial charge is 0.459 e. The van der Waals surface area contributed by atoms with Crippen molar-refractivity contribution in [2.45, 2.75) is 25.4 Å². The lowest BCUT2D eigenvalue weighted by molar-refractivity contribution is -0.0300. The highest BCUT2D eigenvalue weighted by Crippen LogP contribution is 2.17. The number of halogens is 1. The summed E-state index contributed by atoms with van der Waals surface area (Å²) >= 11 is 0. The van der Waals surface area contributed by atoms with Gasteiger partial charge in [0, 0.05) is 12.3 Å². The zero-order chi connectivity index (χ0) is 13.0. The van der Waals surface area contributed by atoms with Gasteiger partial charge in [-0.15, -0.1) is 0 Å². The van der Waals surface area contributed by atoms with Gasteiger partial charge < -0.3 is 15.2 Å². The standard InChI is InChI=1S/C13H16FNO3/c14-9-4-5-11(12(15)7-9)13(16)18-8-10-3-1-2-6-17-10/h4-5,7,10H,1-3,6,8,15H2. The van der Waals surface area contributed by atoms with E-state index in [1.54, 1.807) is 0 Å². The molecular formula is C13H16FNO3. The molecule has 0 radical (unpaired) electrons. The van der Waals surface area contributed by atoms with Crippen LogP contribution in [-0.4, -0.2) is 25.3 Å². The van der Waals surface area contributed by atoms with Crippen LogP contribution < -0.4 is 5.73 Å². The normalized spacial score (nSPS) is 19.5. The molecule has 1 aliphatic rings. The first-order valence-corrected chi connectivity index (χ1v) is 6.00. The highest BCUT2D eigenvalue weighted by atomic mass is 19.1. The van der Waals surface area contributed by atoms with E-state index in [4.69, 9.17) is 15.2 Å². The van der Waals surface area contributed by atoms with Crippen LogP contribution in [0.2, 0.25) is 0 Å². The van der Waals surface area contributed by atoms with Crippen LogP contribution in [-0.2, 0) is 9.47 Å². The van der Waals surface area contributed by atoms with Crippen LogP contribution in [0.25, 0.3) is 0 Å². The van der Waals surface area contributed by atoms with E-state index in [1.807, 2.05) is 0 Å². The zero-order valence-corrected chi connectivity index (χ0v) is 10.0. The molecule has 2 rings (SSSR count). The topological polar surface area (TPSA) is 61.6 Å². The first-order valence-electron chi connectivity index (χ1n) is 6.00. The molecule has 1 aliphatic heterocycles. The first-order chi connectivity index (χ1) is 8.66. The molecule has 0 spiro atoms. The second-order valence-corrected chi connectivity index (χ2v) is 4.32. The molecule has 0 aliphatic carbocycles. The molecule has 1 unspecified atom stereocenters. The minimum atomic E-state index is -0.540. The Labute approximate surface area is 105 Å². The second kappa shape index (κ2) is 5.82. The van der Waals surface area contributed by atoms with Crippen LogP contribution in [0.5, 0.6) is 0 Å². The Kier molecular flexibility index (Phi) is 4.15. The van der Waals surface area contributed by atoms with Crippen LogP contribution in [0.15, 0.2) is 18.2 Å². The fourth-order valence-electron chi connectivity index (χ4n) is 1.90. The van der Waals surface area contributed by atoms with E-state index in [2.05, 4.69) is 0 Å². The van der Waals surface area contributed by atoms with Crippen molar-refractivity contribution >= 4 is 11.7 Å². The van der Waals surface area contributed by atoms with Gasteiger partial charge in [0.2, 0.25) is 0 Å². The molecule has 98 valence electrons. The number of anilines is 1. The van der Waals surface area contributed by atoms with Crippen LogP contribution in [0.4, 0.5) is 10.1 Å². The molecule has 18 heavy (non-hydrogen) atoms. The lowest BCUT2D eigenvalue weighted by Gasteiger charge is -2.22. The Morgan fingerprint density at radius 1 is 1.50 bits per heavy atom. The lowest BCUT2D eigenvalue weighted by atomic mass is 10.1. The van der Waals surface area contributed by atoms with E-state index in [9.17, 15) is 9.18 Å². The molecule has 0 bridgehead atoms. The minimum absolute atomic E-state index is 0.0376. The van der Waals surface area contributed by atoms with E-state index in [-0.39, 0.29) is 24.0 Å². The first kappa shape index (κ1) is 12.8. The minimum Gasteiger partial charge on any atom is -0.459 e. The number of carbonyl (C=O) groups is 1. The Hall–Kier alpha value is -1.62. The van der Waals surface area contributed by atoms with Crippen molar-refractivity contribution in [3.05, 3.63) is 29.6 Å². The highest BCUT2D eigenvalue weighted by molar-refractivity contribution is 5.95. The smallest absolute Gasteiger partial charge is 0.340 e. The monoisotopic (exact) mass is 253 g/mol. The van der Waals surface area contributed by atoms with Gasteiger partial charge in [0.05, 0.1) is 11.7 Å². The fourth-order valence-corrected chi connectivity index (χ4v) is 1.90. The molecule has 0 aromatic heterocycles. The molecule has 1 aromatic carbocycles. The number of rotatable bonds is 3. The molecule has 5 heteroatoms. The molecular weight excluding hydrogens is 237 g/mol. The van der Waals surface area contributed by atoms with Gasteiger partial charge in [-0.2, -0.15) is 0 Å². The number of hydrogen-bond donors (Lipinski definition) is 1. The second-order valence-electron chi connectivity index (χ2n) is 4.32. The van der Waals surface area contributed by atoms with E-state index >= 15 is 0 Å². The fraction of sp³-hybridized carbons (Fsp3) is 0.462. The van der Waals surface area contributed by atoms with E-state index < -0.39 is 11.8 Å². The van der Waals surface area contributed by atoms with Gasteiger partial charge in [-0.25, -0.2) is 9.18 Å². The van der Waals surface area contributed by atoms with Gasteiger partial charge in [-0.05, 0) is 37.5 Å². The molecule has 0 saturated carbocycles. The molecule has 1 fully saturated rings. The summed E-state index contributed by atoms with van der Waals surface area (Å²) in [6.45, 7) is 0.927. The number of nitrogen functional groups attached to an aromatic ring is 1. The summed E-state index contributed by atoms with van der Waals surface area (Å²) in [6, 6.07) is 3.62. The molecule has 1 atom stereocenters. The van der Waals surface area contributed by atoms with Crippen LogP contribution in [0.1, 0.15) is 29.6 Å². The van der Waals surface area contributed by atoms with Gasteiger partial charge >= 0.3 is 5.97 Å². The number of esters is 1. The van der Waals surface area contributed by atoms with Crippen LogP contribution in [0.3, 0.4) is 0 Å². The maximum Gasteiger partial charge on any atom is 0.340 e. The number of hydrogen-bond acceptors (Lipinski definition) is 4. The summed E-state index contributed by atoms with van der Waals surface area (Å²) in [6.07, 6.45) is 2.99. The molecule has 1 saturated heterocycles. The third kappa shape index (κ3) is 3.20. The average molecular weight is 253 g/mol. The predicted molar refractivity (Wildman–Crippen MR) is 64.7 cm³/mol. The van der Waals surface area contributed by atoms with Crippen molar-refractivity contribution in [2.75, 3.05) is 18.9 Å². The summed E-state index contributed by atoms with van der Waals surface area (Å²) in [5, 5.41) is 0. The Morgan fingerprint density at radius 2 is 2.33 bits per heavy atom. The van der Waals surface area contributed by atoms with Crippen molar-refractivity contribution in [1.29, 1.82) is 0 Å². The van der Waals surface area contributed by atoms with Gasteiger partial charge in [0.15, 0.2) is 0 Å². The number of benzene rings is 1. The Balaban J connectivity index is 1.90.